The monoisotopic (exact) mass is 392 g/mol. The first-order valence-corrected chi connectivity index (χ1v) is 9.20. The van der Waals surface area contributed by atoms with Crippen molar-refractivity contribution in [3.8, 4) is 11.5 Å². The fourth-order valence-corrected chi connectivity index (χ4v) is 4.95. The molecule has 0 radical (unpaired) electrons. The molecule has 1 aromatic carbocycles. The number of carbonyl (C=O) groups is 1. The number of oxime groups is 1. The maximum Gasteiger partial charge on any atom is 0.170 e. The summed E-state index contributed by atoms with van der Waals surface area (Å²) in [7, 11) is 3.29. The minimum Gasteiger partial charge on any atom is -1.00 e. The lowest BCUT2D eigenvalue weighted by atomic mass is 9.74. The standard InChI is InChI=1S/C20H24N2O4.ClH/c1-11-19(21-24)18-14(5-4-6-15(18)23)22-8-7-12-9-16(25-2)17(26-3)10-13(12)20(11)22;/h9-11,20,24H,4-8H2,1-3H3;1H/b21-19+;. The number of ketones is 1. The largest absolute Gasteiger partial charge is 1.00 e. The Morgan fingerprint density at radius 2 is 1.85 bits per heavy atom. The van der Waals surface area contributed by atoms with Gasteiger partial charge >= 0.3 is 0 Å². The van der Waals surface area contributed by atoms with Crippen molar-refractivity contribution >= 4 is 11.5 Å². The van der Waals surface area contributed by atoms with Crippen LogP contribution in [0.3, 0.4) is 0 Å². The highest BCUT2D eigenvalue weighted by molar-refractivity contribution is 6.24. The number of halogens is 1. The average molecular weight is 393 g/mol. The van der Waals surface area contributed by atoms with Crippen LogP contribution in [0.25, 0.3) is 0 Å². The van der Waals surface area contributed by atoms with Gasteiger partial charge in [0.05, 0.1) is 32.3 Å². The van der Waals surface area contributed by atoms with E-state index in [2.05, 4.69) is 24.2 Å². The van der Waals surface area contributed by atoms with E-state index < -0.39 is 0 Å². The smallest absolute Gasteiger partial charge is 0.170 e. The minimum atomic E-state index is -0.0482. The van der Waals surface area contributed by atoms with Crippen molar-refractivity contribution < 1.29 is 36.8 Å². The van der Waals surface area contributed by atoms with Crippen LogP contribution >= 0.6 is 0 Å². The maximum atomic E-state index is 12.5. The second kappa shape index (κ2) is 7.52. The average Bonchev–Trinajstić information content (AvgIpc) is 2.67. The van der Waals surface area contributed by atoms with Crippen molar-refractivity contribution in [1.82, 2.24) is 0 Å². The molecule has 2 heterocycles. The van der Waals surface area contributed by atoms with Crippen molar-refractivity contribution in [3.05, 3.63) is 34.5 Å². The van der Waals surface area contributed by atoms with Gasteiger partial charge in [0.1, 0.15) is 17.5 Å². The molecule has 0 amide bonds. The highest BCUT2D eigenvalue weighted by Gasteiger charge is 2.48. The number of hydrogen-bond acceptors (Lipinski definition) is 5. The van der Waals surface area contributed by atoms with Crippen LogP contribution in [0, 0.1) is 5.92 Å². The number of benzene rings is 1. The van der Waals surface area contributed by atoms with Crippen molar-refractivity contribution in [1.29, 1.82) is 0 Å². The predicted octanol–water partition coefficient (Wildman–Crippen LogP) is -1.32. The number of carbonyl (C=O) groups excluding carboxylic acids is 1. The molecule has 0 spiro atoms. The van der Waals surface area contributed by atoms with Crippen LogP contribution in [0.1, 0.15) is 43.4 Å². The van der Waals surface area contributed by atoms with Gasteiger partial charge in [0.2, 0.25) is 0 Å². The quantitative estimate of drug-likeness (QED) is 0.483. The summed E-state index contributed by atoms with van der Waals surface area (Å²) >= 11 is 0. The number of fused-ring (bicyclic) bond motifs is 4. The van der Waals surface area contributed by atoms with E-state index in [1.54, 1.807) is 14.2 Å². The van der Waals surface area contributed by atoms with Crippen molar-refractivity contribution in [3.63, 3.8) is 0 Å². The minimum absolute atomic E-state index is 0. The Labute approximate surface area is 165 Å². The lowest BCUT2D eigenvalue weighted by molar-refractivity contribution is -0.902. The molecule has 0 aromatic heterocycles. The van der Waals surface area contributed by atoms with Gasteiger partial charge in [-0.05, 0) is 24.1 Å². The second-order valence-corrected chi connectivity index (χ2v) is 7.31. The molecule has 1 aromatic rings. The van der Waals surface area contributed by atoms with E-state index in [9.17, 15) is 10.0 Å². The van der Waals surface area contributed by atoms with E-state index in [0.29, 0.717) is 23.5 Å². The number of nitrogens with zero attached hydrogens (tertiary/aromatic N) is 1. The Hall–Kier alpha value is -2.05. The van der Waals surface area contributed by atoms with Crippen LogP contribution in [0.15, 0.2) is 28.6 Å². The molecule has 7 heteroatoms. The zero-order chi connectivity index (χ0) is 18.4. The highest BCUT2D eigenvalue weighted by atomic mass is 35.5. The molecule has 2 aliphatic heterocycles. The van der Waals surface area contributed by atoms with Crippen LogP contribution in [-0.4, -0.2) is 37.5 Å². The number of quaternary nitrogens is 1. The Kier molecular flexibility index (Phi) is 5.49. The first kappa shape index (κ1) is 19.7. The van der Waals surface area contributed by atoms with Gasteiger partial charge in [-0.25, -0.2) is 0 Å². The first-order valence-electron chi connectivity index (χ1n) is 9.20. The molecule has 0 bridgehead atoms. The zero-order valence-corrected chi connectivity index (χ0v) is 16.6. The molecular formula is C20H25ClN2O4. The SMILES string of the molecule is COc1cc2c(cc1OC)C1C(C)/C(=N\O)C3=C(CCCC3=O)[NH+]1CC2.[Cl-]. The Morgan fingerprint density at radius 3 is 2.52 bits per heavy atom. The van der Waals surface area contributed by atoms with E-state index >= 15 is 0 Å². The Morgan fingerprint density at radius 1 is 1.15 bits per heavy atom. The van der Waals surface area contributed by atoms with Gasteiger partial charge in [-0.15, -0.1) is 0 Å². The van der Waals surface area contributed by atoms with Gasteiger partial charge in [-0.3, -0.25) is 9.69 Å². The lowest BCUT2D eigenvalue weighted by Crippen LogP contribution is -3.13. The molecule has 0 saturated heterocycles. The van der Waals surface area contributed by atoms with E-state index in [1.165, 1.54) is 16.0 Å². The third-order valence-electron chi connectivity index (χ3n) is 6.11. The van der Waals surface area contributed by atoms with Gasteiger partial charge < -0.3 is 27.1 Å². The topological polar surface area (TPSA) is 72.6 Å². The molecule has 4 rings (SSSR count). The summed E-state index contributed by atoms with van der Waals surface area (Å²) in [4.78, 5) is 13.9. The van der Waals surface area contributed by atoms with Gasteiger partial charge in [-0.1, -0.05) is 12.1 Å². The molecule has 1 aliphatic carbocycles. The van der Waals surface area contributed by atoms with Crippen molar-refractivity contribution in [2.45, 2.75) is 38.6 Å². The molecule has 3 atom stereocenters. The van der Waals surface area contributed by atoms with Crippen LogP contribution in [0.5, 0.6) is 11.5 Å². The summed E-state index contributed by atoms with van der Waals surface area (Å²) in [5.74, 6) is 1.52. The molecular weight excluding hydrogens is 368 g/mol. The van der Waals surface area contributed by atoms with Crippen LogP contribution in [-0.2, 0) is 11.2 Å². The summed E-state index contributed by atoms with van der Waals surface area (Å²) in [5.41, 5.74) is 4.79. The number of hydrogen-bond donors (Lipinski definition) is 2. The summed E-state index contributed by atoms with van der Waals surface area (Å²) in [6, 6.07) is 4.23. The van der Waals surface area contributed by atoms with Crippen LogP contribution in [0.2, 0.25) is 0 Å². The Bertz CT molecular complexity index is 834. The van der Waals surface area contributed by atoms with Gasteiger partial charge in [0.25, 0.3) is 0 Å². The predicted molar refractivity (Wildman–Crippen MR) is 96.1 cm³/mol. The summed E-state index contributed by atoms with van der Waals surface area (Å²) in [5, 5.41) is 13.3. The van der Waals surface area contributed by atoms with Crippen molar-refractivity contribution in [2.75, 3.05) is 20.8 Å². The number of allylic oxidation sites excluding steroid dienone is 2. The number of methoxy groups -OCH3 is 2. The number of Topliss-reactive ketones (excluding diaryl/α,β-unsaturated/α-hetero) is 1. The Balaban J connectivity index is 0.00000210. The summed E-state index contributed by atoms with van der Waals surface area (Å²) < 4.78 is 11.0. The van der Waals surface area contributed by atoms with Gasteiger partial charge in [0, 0.05) is 24.8 Å². The zero-order valence-electron chi connectivity index (χ0n) is 15.8. The van der Waals surface area contributed by atoms with Gasteiger partial charge in [0.15, 0.2) is 17.3 Å². The molecule has 2 N–H and O–H groups in total. The molecule has 146 valence electrons. The third kappa shape index (κ3) is 2.91. The molecule has 3 unspecified atom stereocenters. The molecule has 0 fully saturated rings. The fraction of sp³-hybridized carbons (Fsp3) is 0.500. The second-order valence-electron chi connectivity index (χ2n) is 7.31. The van der Waals surface area contributed by atoms with Crippen LogP contribution in [0.4, 0.5) is 0 Å². The number of nitrogens with one attached hydrogen (secondary N) is 1. The molecule has 0 saturated carbocycles. The highest BCUT2D eigenvalue weighted by Crippen LogP contribution is 2.40. The van der Waals surface area contributed by atoms with Gasteiger partial charge in [-0.2, -0.15) is 0 Å². The third-order valence-corrected chi connectivity index (χ3v) is 6.11. The maximum absolute atomic E-state index is 12.5. The molecule has 3 aliphatic rings. The van der Waals surface area contributed by atoms with E-state index in [0.717, 1.165) is 37.3 Å². The number of ether oxygens (including phenoxy) is 2. The normalized spacial score (nSPS) is 28.0. The van der Waals surface area contributed by atoms with E-state index in [1.807, 2.05) is 0 Å². The fourth-order valence-electron chi connectivity index (χ4n) is 4.95. The number of rotatable bonds is 2. The lowest BCUT2D eigenvalue weighted by Gasteiger charge is -2.43. The van der Waals surface area contributed by atoms with Crippen molar-refractivity contribution in [2.24, 2.45) is 11.1 Å². The first-order chi connectivity index (χ1) is 12.6. The summed E-state index contributed by atoms with van der Waals surface area (Å²) in [6.07, 6.45) is 3.23. The molecule has 27 heavy (non-hydrogen) atoms. The van der Waals surface area contributed by atoms with Crippen LogP contribution < -0.4 is 26.8 Å². The van der Waals surface area contributed by atoms with E-state index in [4.69, 9.17) is 9.47 Å². The molecule has 6 nitrogen and oxygen atoms in total. The van der Waals surface area contributed by atoms with E-state index in [-0.39, 0.29) is 30.2 Å². The summed E-state index contributed by atoms with van der Waals surface area (Å²) in [6.45, 7) is 2.99.